The Balaban J connectivity index is 0. The second-order valence-electron chi connectivity index (χ2n) is 3.25. The predicted molar refractivity (Wildman–Crippen MR) is 60.8 cm³/mol. The van der Waals surface area contributed by atoms with Crippen LogP contribution in [0.2, 0.25) is 0 Å². The minimum absolute atomic E-state index is 0. The lowest BCUT2D eigenvalue weighted by molar-refractivity contribution is 0.586. The van der Waals surface area contributed by atoms with E-state index in [9.17, 15) is 0 Å². The van der Waals surface area contributed by atoms with Gasteiger partial charge in [-0.1, -0.05) is 0 Å². The Morgan fingerprint density at radius 3 is 1.38 bits per heavy atom. The third kappa shape index (κ3) is 3.92. The number of nitrogens with zero attached hydrogens (tertiary/aromatic N) is 4. The Morgan fingerprint density at radius 2 is 1.23 bits per heavy atom. The summed E-state index contributed by atoms with van der Waals surface area (Å²) < 4.78 is 0. The van der Waals surface area contributed by atoms with Crippen LogP contribution in [0.3, 0.4) is 0 Å². The summed E-state index contributed by atoms with van der Waals surface area (Å²) >= 11 is 0. The van der Waals surface area contributed by atoms with Gasteiger partial charge in [-0.05, 0) is 0 Å². The van der Waals surface area contributed by atoms with E-state index in [1.165, 1.54) is 0 Å². The van der Waals surface area contributed by atoms with Crippen LogP contribution in [0.25, 0.3) is 0 Å². The van der Waals surface area contributed by atoms with Gasteiger partial charge in [0.1, 0.15) is 11.7 Å². The van der Waals surface area contributed by atoms with Crippen LogP contribution in [0.5, 0.6) is 0 Å². The van der Waals surface area contributed by atoms with E-state index < -0.39 is 0 Å². The first-order valence-corrected chi connectivity index (χ1v) is 4.28. The second-order valence-corrected chi connectivity index (χ2v) is 3.25. The molecule has 0 aromatic rings. The Labute approximate surface area is 82.5 Å². The molecule has 78 valence electrons. The van der Waals surface area contributed by atoms with Gasteiger partial charge in [0.05, 0.1) is 6.42 Å². The van der Waals surface area contributed by atoms with Crippen molar-refractivity contribution in [1.82, 2.24) is 9.80 Å². The molecule has 0 saturated heterocycles. The third-order valence-electron chi connectivity index (χ3n) is 1.86. The van der Waals surface area contributed by atoms with Gasteiger partial charge in [0, 0.05) is 43.7 Å². The molecule has 0 spiro atoms. The van der Waals surface area contributed by atoms with Crippen molar-refractivity contribution in [1.29, 1.82) is 0 Å². The quantitative estimate of drug-likeness (QED) is 0.472. The van der Waals surface area contributed by atoms with Crippen molar-refractivity contribution in [3.63, 3.8) is 0 Å². The van der Waals surface area contributed by atoms with E-state index in [1.54, 1.807) is 14.1 Å². The molecule has 0 rings (SSSR count). The smallest absolute Gasteiger partial charge is 0.106 e. The number of aliphatic imine (C=N–C) groups is 2. The Bertz CT molecular complexity index is 187. The zero-order chi connectivity index (χ0) is 10.4. The van der Waals surface area contributed by atoms with Gasteiger partial charge in [0.2, 0.25) is 0 Å². The van der Waals surface area contributed by atoms with E-state index in [0.717, 1.165) is 18.1 Å². The molecule has 13 heavy (non-hydrogen) atoms. The molecule has 0 unspecified atom stereocenters. The zero-order valence-electron chi connectivity index (χ0n) is 9.50. The van der Waals surface area contributed by atoms with Crippen LogP contribution in [0, 0.1) is 0 Å². The summed E-state index contributed by atoms with van der Waals surface area (Å²) in [6.45, 7) is 0. The first kappa shape index (κ1) is 11.9. The number of hydrogen-bond donors (Lipinski definition) is 0. The van der Waals surface area contributed by atoms with Crippen molar-refractivity contribution in [2.24, 2.45) is 9.98 Å². The molecule has 0 bridgehead atoms. The lowest BCUT2D eigenvalue weighted by Crippen LogP contribution is -2.31. The van der Waals surface area contributed by atoms with Crippen LogP contribution in [0.15, 0.2) is 9.98 Å². The molecular formula is C9H22N4. The monoisotopic (exact) mass is 186 g/mol. The normalized spacial score (nSPS) is 13.1. The Hall–Kier alpha value is -1.06. The molecule has 0 aromatic heterocycles. The first-order chi connectivity index (χ1) is 6.02. The first-order valence-electron chi connectivity index (χ1n) is 4.28. The fourth-order valence-electron chi connectivity index (χ4n) is 1.02. The van der Waals surface area contributed by atoms with Crippen LogP contribution < -0.4 is 0 Å². The minimum atomic E-state index is 0. The second kappa shape index (κ2) is 5.56. The van der Waals surface area contributed by atoms with Crippen LogP contribution in [0.4, 0.5) is 0 Å². The average Bonchev–Trinajstić information content (AvgIpc) is 2.05. The SMILES string of the molecule is CN=C(CC(=NC)N(C)C)N(C)C.[HH]. The van der Waals surface area contributed by atoms with E-state index in [1.807, 2.05) is 38.0 Å². The molecule has 0 atom stereocenters. The molecule has 0 heterocycles. The highest BCUT2D eigenvalue weighted by Crippen LogP contribution is 1.96. The summed E-state index contributed by atoms with van der Waals surface area (Å²) in [4.78, 5) is 12.4. The summed E-state index contributed by atoms with van der Waals surface area (Å²) in [5, 5.41) is 0. The van der Waals surface area contributed by atoms with E-state index >= 15 is 0 Å². The highest BCUT2D eigenvalue weighted by molar-refractivity contribution is 6.01. The predicted octanol–water partition coefficient (Wildman–Crippen LogP) is 0.802. The van der Waals surface area contributed by atoms with Crippen molar-refractivity contribution in [2.45, 2.75) is 6.42 Å². The highest BCUT2D eigenvalue weighted by Gasteiger charge is 2.07. The van der Waals surface area contributed by atoms with Gasteiger partial charge < -0.3 is 9.80 Å². The van der Waals surface area contributed by atoms with Gasteiger partial charge >= 0.3 is 0 Å². The van der Waals surface area contributed by atoms with Crippen molar-refractivity contribution in [3.05, 3.63) is 0 Å². The average molecular weight is 186 g/mol. The summed E-state index contributed by atoms with van der Waals surface area (Å²) in [6, 6.07) is 0. The summed E-state index contributed by atoms with van der Waals surface area (Å²) in [5.41, 5.74) is 0. The van der Waals surface area contributed by atoms with Gasteiger partial charge in [-0.25, -0.2) is 0 Å². The van der Waals surface area contributed by atoms with E-state index in [4.69, 9.17) is 0 Å². The fourth-order valence-corrected chi connectivity index (χ4v) is 1.02. The molecular weight excluding hydrogens is 164 g/mol. The molecule has 0 aliphatic rings. The maximum atomic E-state index is 4.19. The van der Waals surface area contributed by atoms with Crippen LogP contribution in [-0.2, 0) is 0 Å². The Morgan fingerprint density at radius 1 is 0.923 bits per heavy atom. The number of hydrogen-bond acceptors (Lipinski definition) is 2. The van der Waals surface area contributed by atoms with Crippen LogP contribution >= 0.6 is 0 Å². The largest absolute Gasteiger partial charge is 0.366 e. The molecule has 0 aliphatic heterocycles. The molecule has 4 nitrogen and oxygen atoms in total. The minimum Gasteiger partial charge on any atom is -0.366 e. The molecule has 4 heteroatoms. The van der Waals surface area contributed by atoms with Crippen molar-refractivity contribution in [2.75, 3.05) is 42.3 Å². The van der Waals surface area contributed by atoms with Gasteiger partial charge in [-0.2, -0.15) is 0 Å². The van der Waals surface area contributed by atoms with E-state index in [2.05, 4.69) is 9.98 Å². The van der Waals surface area contributed by atoms with Crippen molar-refractivity contribution < 1.29 is 1.43 Å². The lowest BCUT2D eigenvalue weighted by atomic mass is 10.3. The fraction of sp³-hybridized carbons (Fsp3) is 0.778. The maximum Gasteiger partial charge on any atom is 0.106 e. The molecule has 0 amide bonds. The maximum absolute atomic E-state index is 4.19. The number of amidine groups is 2. The molecule has 0 saturated carbocycles. The molecule has 0 radical (unpaired) electrons. The van der Waals surface area contributed by atoms with Crippen LogP contribution in [0.1, 0.15) is 7.85 Å². The summed E-state index contributed by atoms with van der Waals surface area (Å²) in [6.07, 6.45) is 0.785. The van der Waals surface area contributed by atoms with E-state index in [-0.39, 0.29) is 1.43 Å². The summed E-state index contributed by atoms with van der Waals surface area (Å²) in [5.74, 6) is 2.07. The third-order valence-corrected chi connectivity index (χ3v) is 1.86. The van der Waals surface area contributed by atoms with Gasteiger partial charge in [0.15, 0.2) is 0 Å². The van der Waals surface area contributed by atoms with Crippen molar-refractivity contribution in [3.8, 4) is 0 Å². The zero-order valence-corrected chi connectivity index (χ0v) is 9.50. The Kier molecular flexibility index (Phi) is 5.11. The van der Waals surface area contributed by atoms with Crippen LogP contribution in [-0.4, -0.2) is 63.8 Å². The molecule has 0 aromatic carbocycles. The van der Waals surface area contributed by atoms with Gasteiger partial charge in [-0.15, -0.1) is 0 Å². The molecule has 0 N–H and O–H groups in total. The number of rotatable bonds is 2. The highest BCUT2D eigenvalue weighted by atomic mass is 15.2. The topological polar surface area (TPSA) is 31.2 Å². The summed E-state index contributed by atoms with van der Waals surface area (Å²) in [7, 11) is 11.6. The van der Waals surface area contributed by atoms with Gasteiger partial charge in [-0.3, -0.25) is 9.98 Å². The lowest BCUT2D eigenvalue weighted by Gasteiger charge is -2.20. The van der Waals surface area contributed by atoms with Gasteiger partial charge in [0.25, 0.3) is 0 Å². The molecule has 0 aliphatic carbocycles. The standard InChI is InChI=1S/C9H20N4.H2/c1-10-8(12(3)4)7-9(11-2)13(5)6;/h7H2,1-6H3;1H. The van der Waals surface area contributed by atoms with E-state index in [0.29, 0.717) is 0 Å². The van der Waals surface area contributed by atoms with Crippen molar-refractivity contribution >= 4 is 11.7 Å². The molecule has 0 fully saturated rings.